The van der Waals surface area contributed by atoms with Crippen LogP contribution in [-0.4, -0.2) is 13.1 Å². The van der Waals surface area contributed by atoms with Gasteiger partial charge in [-0.2, -0.15) is 0 Å². The quantitative estimate of drug-likeness (QED) is 0.698. The van der Waals surface area contributed by atoms with Crippen molar-refractivity contribution < 1.29 is 4.39 Å². The smallest absolute Gasteiger partial charge is 0.126 e. The number of rotatable bonds is 7. The molecule has 0 aliphatic rings. The minimum Gasteiger partial charge on any atom is -0.317 e. The molecule has 1 N–H and O–H groups in total. The topological polar surface area (TPSA) is 12.0 Å². The summed E-state index contributed by atoms with van der Waals surface area (Å²) in [6.07, 6.45) is 4.72. The van der Waals surface area contributed by atoms with Crippen LogP contribution in [0.4, 0.5) is 4.39 Å². The first kappa shape index (κ1) is 13.2. The molecule has 0 aliphatic carbocycles. The second-order valence-corrected chi connectivity index (χ2v) is 4.25. The van der Waals surface area contributed by atoms with Gasteiger partial charge in [0.25, 0.3) is 0 Å². The van der Waals surface area contributed by atoms with Crippen molar-refractivity contribution in [2.24, 2.45) is 0 Å². The predicted octanol–water partition coefficient (Wildman–Crippen LogP) is 3.46. The van der Waals surface area contributed by atoms with Crippen molar-refractivity contribution in [3.05, 3.63) is 35.1 Å². The zero-order valence-corrected chi connectivity index (χ0v) is 10.4. The lowest BCUT2D eigenvalue weighted by molar-refractivity contribution is 0.610. The molecule has 0 spiro atoms. The van der Waals surface area contributed by atoms with Crippen LogP contribution < -0.4 is 5.32 Å². The summed E-state index contributed by atoms with van der Waals surface area (Å²) in [5.41, 5.74) is 2.01. The normalized spacial score (nSPS) is 10.7. The van der Waals surface area contributed by atoms with E-state index in [-0.39, 0.29) is 5.82 Å². The first-order valence-electron chi connectivity index (χ1n) is 6.19. The third kappa shape index (κ3) is 4.75. The lowest BCUT2D eigenvalue weighted by Gasteiger charge is -2.04. The Labute approximate surface area is 98.1 Å². The molecule has 0 unspecified atom stereocenters. The van der Waals surface area contributed by atoms with Crippen molar-refractivity contribution in [2.75, 3.05) is 13.1 Å². The van der Waals surface area contributed by atoms with Crippen LogP contribution >= 0.6 is 0 Å². The maximum Gasteiger partial charge on any atom is 0.126 e. The summed E-state index contributed by atoms with van der Waals surface area (Å²) in [6, 6.07) is 5.43. The second kappa shape index (κ2) is 7.39. The summed E-state index contributed by atoms with van der Waals surface area (Å²) in [7, 11) is 0. The molecule has 0 amide bonds. The summed E-state index contributed by atoms with van der Waals surface area (Å²) in [4.78, 5) is 0. The van der Waals surface area contributed by atoms with E-state index in [1.54, 1.807) is 6.07 Å². The monoisotopic (exact) mass is 223 g/mol. The van der Waals surface area contributed by atoms with Gasteiger partial charge < -0.3 is 5.32 Å². The van der Waals surface area contributed by atoms with Crippen LogP contribution in [0.5, 0.6) is 0 Å². The number of unbranched alkanes of at least 4 members (excludes halogenated alkanes) is 2. The van der Waals surface area contributed by atoms with E-state index in [1.807, 2.05) is 19.1 Å². The minimum atomic E-state index is -0.101. The van der Waals surface area contributed by atoms with E-state index in [4.69, 9.17) is 0 Å². The third-order valence-electron chi connectivity index (χ3n) is 2.79. The van der Waals surface area contributed by atoms with Crippen molar-refractivity contribution in [3.8, 4) is 0 Å². The Bertz CT molecular complexity index is 310. The van der Waals surface area contributed by atoms with Gasteiger partial charge in [-0.15, -0.1) is 0 Å². The lowest BCUT2D eigenvalue weighted by atomic mass is 10.0. The SMILES string of the molecule is CCNCCCCCc1ccc(F)c(C)c1. The molecule has 0 fully saturated rings. The summed E-state index contributed by atoms with van der Waals surface area (Å²) in [5, 5.41) is 3.31. The van der Waals surface area contributed by atoms with E-state index in [0.717, 1.165) is 25.1 Å². The number of aryl methyl sites for hydroxylation is 2. The molecule has 0 aromatic heterocycles. The Hall–Kier alpha value is -0.890. The van der Waals surface area contributed by atoms with Gasteiger partial charge in [-0.3, -0.25) is 0 Å². The molecule has 0 radical (unpaired) electrons. The van der Waals surface area contributed by atoms with Crippen LogP contribution in [0.25, 0.3) is 0 Å². The highest BCUT2D eigenvalue weighted by atomic mass is 19.1. The molecule has 0 saturated carbocycles. The Morgan fingerprint density at radius 1 is 1.19 bits per heavy atom. The molecule has 0 heterocycles. The molecule has 1 nitrogen and oxygen atoms in total. The minimum absolute atomic E-state index is 0.101. The Morgan fingerprint density at radius 3 is 2.69 bits per heavy atom. The maximum absolute atomic E-state index is 13.0. The van der Waals surface area contributed by atoms with Crippen molar-refractivity contribution in [1.29, 1.82) is 0 Å². The molecular formula is C14H22FN. The predicted molar refractivity (Wildman–Crippen MR) is 67.2 cm³/mol. The Morgan fingerprint density at radius 2 is 2.00 bits per heavy atom. The summed E-state index contributed by atoms with van der Waals surface area (Å²) < 4.78 is 13.0. The van der Waals surface area contributed by atoms with E-state index in [2.05, 4.69) is 12.2 Å². The van der Waals surface area contributed by atoms with Crippen molar-refractivity contribution in [1.82, 2.24) is 5.32 Å². The first-order valence-corrected chi connectivity index (χ1v) is 6.19. The Balaban J connectivity index is 2.19. The van der Waals surface area contributed by atoms with Gasteiger partial charge in [0.1, 0.15) is 5.82 Å². The van der Waals surface area contributed by atoms with Crippen molar-refractivity contribution in [3.63, 3.8) is 0 Å². The molecule has 16 heavy (non-hydrogen) atoms. The first-order chi connectivity index (χ1) is 7.74. The van der Waals surface area contributed by atoms with Crippen molar-refractivity contribution in [2.45, 2.75) is 39.5 Å². The summed E-state index contributed by atoms with van der Waals surface area (Å²) >= 11 is 0. The summed E-state index contributed by atoms with van der Waals surface area (Å²) in [5.74, 6) is -0.101. The fourth-order valence-electron chi connectivity index (χ4n) is 1.79. The van der Waals surface area contributed by atoms with Gasteiger partial charge in [0.2, 0.25) is 0 Å². The third-order valence-corrected chi connectivity index (χ3v) is 2.79. The highest BCUT2D eigenvalue weighted by Crippen LogP contribution is 2.12. The standard InChI is InChI=1S/C14H22FN/c1-3-16-10-6-4-5-7-13-8-9-14(15)12(2)11-13/h8-9,11,16H,3-7,10H2,1-2H3. The molecule has 0 saturated heterocycles. The van der Waals surface area contributed by atoms with Crippen LogP contribution in [0.15, 0.2) is 18.2 Å². The number of hydrogen-bond donors (Lipinski definition) is 1. The van der Waals surface area contributed by atoms with Gasteiger partial charge in [0.05, 0.1) is 0 Å². The van der Waals surface area contributed by atoms with Gasteiger partial charge in [-0.05, 0) is 56.5 Å². The van der Waals surface area contributed by atoms with Crippen LogP contribution in [0.2, 0.25) is 0 Å². The van der Waals surface area contributed by atoms with Crippen LogP contribution in [-0.2, 0) is 6.42 Å². The fourth-order valence-corrected chi connectivity index (χ4v) is 1.79. The molecule has 1 aromatic rings. The largest absolute Gasteiger partial charge is 0.317 e. The molecule has 2 heteroatoms. The number of hydrogen-bond acceptors (Lipinski definition) is 1. The Kier molecular flexibility index (Phi) is 6.09. The van der Waals surface area contributed by atoms with E-state index >= 15 is 0 Å². The number of benzene rings is 1. The van der Waals surface area contributed by atoms with Gasteiger partial charge in [-0.1, -0.05) is 25.5 Å². The van der Waals surface area contributed by atoms with E-state index in [0.29, 0.717) is 0 Å². The molecule has 1 aromatic carbocycles. The average molecular weight is 223 g/mol. The molecule has 0 bridgehead atoms. The van der Waals surface area contributed by atoms with E-state index < -0.39 is 0 Å². The van der Waals surface area contributed by atoms with E-state index in [1.165, 1.54) is 24.8 Å². The van der Waals surface area contributed by atoms with Gasteiger partial charge >= 0.3 is 0 Å². The summed E-state index contributed by atoms with van der Waals surface area (Å²) in [6.45, 7) is 6.11. The van der Waals surface area contributed by atoms with E-state index in [9.17, 15) is 4.39 Å². The second-order valence-electron chi connectivity index (χ2n) is 4.25. The lowest BCUT2D eigenvalue weighted by Crippen LogP contribution is -2.13. The molecular weight excluding hydrogens is 201 g/mol. The zero-order valence-electron chi connectivity index (χ0n) is 10.4. The molecule has 1 rings (SSSR count). The molecule has 90 valence electrons. The highest BCUT2D eigenvalue weighted by molar-refractivity contribution is 5.23. The van der Waals surface area contributed by atoms with Crippen molar-refractivity contribution >= 4 is 0 Å². The van der Waals surface area contributed by atoms with Gasteiger partial charge in [0.15, 0.2) is 0 Å². The van der Waals surface area contributed by atoms with Crippen LogP contribution in [0.3, 0.4) is 0 Å². The number of nitrogens with one attached hydrogen (secondary N) is 1. The molecule has 0 aliphatic heterocycles. The van der Waals surface area contributed by atoms with Gasteiger partial charge in [-0.25, -0.2) is 4.39 Å². The van der Waals surface area contributed by atoms with Crippen LogP contribution in [0.1, 0.15) is 37.3 Å². The van der Waals surface area contributed by atoms with Gasteiger partial charge in [0, 0.05) is 0 Å². The average Bonchev–Trinajstić information content (AvgIpc) is 2.28. The zero-order chi connectivity index (χ0) is 11.8. The van der Waals surface area contributed by atoms with Crippen LogP contribution in [0, 0.1) is 12.7 Å². The maximum atomic E-state index is 13.0. The fraction of sp³-hybridized carbons (Fsp3) is 0.571. The molecule has 0 atom stereocenters. The highest BCUT2D eigenvalue weighted by Gasteiger charge is 1.98. The number of halogens is 1.